The van der Waals surface area contributed by atoms with Crippen molar-refractivity contribution >= 4 is 11.8 Å². The Balaban J connectivity index is 1.77. The van der Waals surface area contributed by atoms with Crippen LogP contribution in [-0.2, 0) is 6.54 Å². The minimum Gasteiger partial charge on any atom is -0.337 e. The summed E-state index contributed by atoms with van der Waals surface area (Å²) in [6, 6.07) is 7.19. The molecule has 0 fully saturated rings. The van der Waals surface area contributed by atoms with Crippen molar-refractivity contribution in [3.05, 3.63) is 41.9 Å². The fraction of sp³-hybridized carbons (Fsp3) is 0.400. The van der Waals surface area contributed by atoms with Gasteiger partial charge in [-0.05, 0) is 38.0 Å². The van der Waals surface area contributed by atoms with Crippen molar-refractivity contribution in [2.24, 2.45) is 5.92 Å². The van der Waals surface area contributed by atoms with E-state index < -0.39 is 0 Å². The summed E-state index contributed by atoms with van der Waals surface area (Å²) in [5, 5.41) is 9.96. The highest BCUT2D eigenvalue weighted by atomic mass is 16.2. The van der Waals surface area contributed by atoms with Gasteiger partial charge in [-0.1, -0.05) is 13.0 Å². The quantitative estimate of drug-likeness (QED) is 0.886. The number of aromatic nitrogens is 3. The molecule has 0 spiro atoms. The zero-order valence-electron chi connectivity index (χ0n) is 12.6. The third-order valence-corrected chi connectivity index (χ3v) is 3.11. The summed E-state index contributed by atoms with van der Waals surface area (Å²) < 4.78 is 1.97. The van der Waals surface area contributed by atoms with Crippen LogP contribution in [-0.4, -0.2) is 27.3 Å². The first-order valence-corrected chi connectivity index (χ1v) is 7.01. The van der Waals surface area contributed by atoms with E-state index in [0.717, 1.165) is 17.9 Å². The molecule has 0 radical (unpaired) electrons. The third kappa shape index (κ3) is 4.59. The molecule has 2 amide bonds. The van der Waals surface area contributed by atoms with E-state index in [1.165, 1.54) is 0 Å². The number of urea groups is 1. The van der Waals surface area contributed by atoms with E-state index in [-0.39, 0.29) is 11.9 Å². The Kier molecular flexibility index (Phi) is 4.92. The molecule has 21 heavy (non-hydrogen) atoms. The van der Waals surface area contributed by atoms with Gasteiger partial charge in [0, 0.05) is 25.0 Å². The van der Waals surface area contributed by atoms with E-state index in [1.54, 1.807) is 18.3 Å². The van der Waals surface area contributed by atoms with Crippen LogP contribution >= 0.6 is 0 Å². The molecule has 6 nitrogen and oxygen atoms in total. The maximum absolute atomic E-state index is 11.8. The molecule has 0 saturated carbocycles. The fourth-order valence-electron chi connectivity index (χ4n) is 2.08. The largest absolute Gasteiger partial charge is 0.337 e. The average Bonchev–Trinajstić information content (AvgIpc) is 2.76. The summed E-state index contributed by atoms with van der Waals surface area (Å²) >= 11 is 0. The van der Waals surface area contributed by atoms with Crippen molar-refractivity contribution in [1.29, 1.82) is 0 Å². The Bertz CT molecular complexity index is 593. The highest BCUT2D eigenvalue weighted by molar-refractivity contribution is 5.88. The number of carbonyl (C=O) groups excluding carboxylic acids is 1. The smallest absolute Gasteiger partial charge is 0.320 e. The molecule has 112 valence electrons. The highest BCUT2D eigenvalue weighted by Gasteiger charge is 2.09. The molecule has 0 aromatic carbocycles. The summed E-state index contributed by atoms with van der Waals surface area (Å²) in [7, 11) is 0. The first kappa shape index (κ1) is 15.0. The number of rotatable bonds is 5. The SMILES string of the molecule is Cc1cc(C)n(C[C@@H](C)CNC(=O)Nc2ccccn2)n1. The number of hydrogen-bond donors (Lipinski definition) is 2. The minimum absolute atomic E-state index is 0.242. The maximum atomic E-state index is 11.8. The molecule has 0 unspecified atom stereocenters. The molecule has 2 aromatic rings. The van der Waals surface area contributed by atoms with Crippen LogP contribution in [0.5, 0.6) is 0 Å². The van der Waals surface area contributed by atoms with Gasteiger partial charge in [-0.2, -0.15) is 5.10 Å². The molecule has 2 rings (SSSR count). The molecule has 0 aliphatic carbocycles. The van der Waals surface area contributed by atoms with Gasteiger partial charge in [-0.3, -0.25) is 10.00 Å². The van der Waals surface area contributed by atoms with Crippen molar-refractivity contribution < 1.29 is 4.79 Å². The Morgan fingerprint density at radius 1 is 1.38 bits per heavy atom. The summed E-state index contributed by atoms with van der Waals surface area (Å²) in [6.07, 6.45) is 1.64. The second-order valence-electron chi connectivity index (χ2n) is 5.26. The molecular weight excluding hydrogens is 266 g/mol. The first-order valence-electron chi connectivity index (χ1n) is 7.01. The predicted octanol–water partition coefficient (Wildman–Crippen LogP) is 2.35. The molecule has 2 N–H and O–H groups in total. The van der Waals surface area contributed by atoms with Gasteiger partial charge in [-0.25, -0.2) is 9.78 Å². The van der Waals surface area contributed by atoms with Crippen molar-refractivity contribution in [3.8, 4) is 0 Å². The number of carbonyl (C=O) groups is 1. The average molecular weight is 287 g/mol. The summed E-state index contributed by atoms with van der Waals surface area (Å²) in [5.74, 6) is 0.832. The molecule has 2 aromatic heterocycles. The Morgan fingerprint density at radius 3 is 2.81 bits per heavy atom. The normalized spacial score (nSPS) is 12.0. The number of nitrogens with zero attached hydrogens (tertiary/aromatic N) is 3. The number of nitrogens with one attached hydrogen (secondary N) is 2. The Labute approximate surface area is 124 Å². The summed E-state index contributed by atoms with van der Waals surface area (Å²) in [6.45, 7) is 7.46. The van der Waals surface area contributed by atoms with Crippen molar-refractivity contribution in [2.45, 2.75) is 27.3 Å². The number of anilines is 1. The standard InChI is InChI=1S/C15H21N5O/c1-11(10-20-13(3)8-12(2)19-20)9-17-15(21)18-14-6-4-5-7-16-14/h4-8,11H,9-10H2,1-3H3,(H2,16,17,18,21)/t11-/m0/s1. The number of hydrogen-bond acceptors (Lipinski definition) is 3. The third-order valence-electron chi connectivity index (χ3n) is 3.11. The highest BCUT2D eigenvalue weighted by Crippen LogP contribution is 2.06. The summed E-state index contributed by atoms with van der Waals surface area (Å²) in [4.78, 5) is 15.8. The lowest BCUT2D eigenvalue weighted by atomic mass is 10.2. The lowest BCUT2D eigenvalue weighted by Gasteiger charge is -2.14. The topological polar surface area (TPSA) is 71.8 Å². The van der Waals surface area contributed by atoms with Crippen molar-refractivity contribution in [3.63, 3.8) is 0 Å². The molecule has 2 heterocycles. The number of pyridine rings is 1. The van der Waals surface area contributed by atoms with Gasteiger partial charge in [0.05, 0.1) is 5.69 Å². The van der Waals surface area contributed by atoms with Gasteiger partial charge >= 0.3 is 6.03 Å². The van der Waals surface area contributed by atoms with Gasteiger partial charge in [0.15, 0.2) is 0 Å². The predicted molar refractivity (Wildman–Crippen MR) is 82.1 cm³/mol. The molecule has 0 aliphatic heterocycles. The lowest BCUT2D eigenvalue weighted by molar-refractivity contribution is 0.249. The van der Waals surface area contributed by atoms with Gasteiger partial charge < -0.3 is 5.32 Å². The van der Waals surface area contributed by atoms with E-state index in [4.69, 9.17) is 0 Å². The fourth-order valence-corrected chi connectivity index (χ4v) is 2.08. The summed E-state index contributed by atoms with van der Waals surface area (Å²) in [5.41, 5.74) is 2.15. The van der Waals surface area contributed by atoms with Crippen LogP contribution in [0.1, 0.15) is 18.3 Å². The molecule has 1 atom stereocenters. The lowest BCUT2D eigenvalue weighted by Crippen LogP contribution is -2.34. The van der Waals surface area contributed by atoms with Gasteiger partial charge in [-0.15, -0.1) is 0 Å². The second-order valence-corrected chi connectivity index (χ2v) is 5.26. The Hall–Kier alpha value is -2.37. The van der Waals surface area contributed by atoms with Gasteiger partial charge in [0.2, 0.25) is 0 Å². The van der Waals surface area contributed by atoms with E-state index in [2.05, 4.69) is 27.6 Å². The molecule has 0 aliphatic rings. The molecule has 6 heteroatoms. The first-order chi connectivity index (χ1) is 10.0. The zero-order valence-corrected chi connectivity index (χ0v) is 12.6. The van der Waals surface area contributed by atoms with Crippen molar-refractivity contribution in [2.75, 3.05) is 11.9 Å². The van der Waals surface area contributed by atoms with Gasteiger partial charge in [0.1, 0.15) is 5.82 Å². The van der Waals surface area contributed by atoms with Crippen LogP contribution in [0.15, 0.2) is 30.5 Å². The zero-order chi connectivity index (χ0) is 15.2. The van der Waals surface area contributed by atoms with E-state index in [9.17, 15) is 4.79 Å². The molecule has 0 bridgehead atoms. The molecule has 0 saturated heterocycles. The van der Waals surface area contributed by atoms with E-state index in [0.29, 0.717) is 12.4 Å². The monoisotopic (exact) mass is 287 g/mol. The minimum atomic E-state index is -0.242. The Morgan fingerprint density at radius 2 is 2.19 bits per heavy atom. The number of amides is 2. The van der Waals surface area contributed by atoms with Gasteiger partial charge in [0.25, 0.3) is 0 Å². The van der Waals surface area contributed by atoms with Crippen molar-refractivity contribution in [1.82, 2.24) is 20.1 Å². The van der Waals surface area contributed by atoms with Crippen LogP contribution in [0.3, 0.4) is 0 Å². The van der Waals surface area contributed by atoms with Crippen LogP contribution in [0.25, 0.3) is 0 Å². The second kappa shape index (κ2) is 6.88. The van der Waals surface area contributed by atoms with E-state index >= 15 is 0 Å². The van der Waals surface area contributed by atoms with Crippen LogP contribution in [0.4, 0.5) is 10.6 Å². The van der Waals surface area contributed by atoms with Crippen LogP contribution in [0, 0.1) is 19.8 Å². The molecular formula is C15H21N5O. The maximum Gasteiger partial charge on any atom is 0.320 e. The number of aryl methyl sites for hydroxylation is 2. The van der Waals surface area contributed by atoms with Crippen LogP contribution < -0.4 is 10.6 Å². The van der Waals surface area contributed by atoms with Crippen LogP contribution in [0.2, 0.25) is 0 Å². The van der Waals surface area contributed by atoms with E-state index in [1.807, 2.05) is 30.7 Å².